The van der Waals surface area contributed by atoms with Crippen molar-refractivity contribution in [2.24, 2.45) is 5.92 Å². The van der Waals surface area contributed by atoms with Crippen LogP contribution in [0.25, 0.3) is 0 Å². The molecule has 0 N–H and O–H groups in total. The average molecular weight is 298 g/mol. The lowest BCUT2D eigenvalue weighted by Crippen LogP contribution is -2.56. The van der Waals surface area contributed by atoms with Crippen LogP contribution in [0.4, 0.5) is 0 Å². The van der Waals surface area contributed by atoms with E-state index in [4.69, 9.17) is 9.47 Å². The molecule has 2 aliphatic rings. The fourth-order valence-corrected chi connectivity index (χ4v) is 2.90. The highest BCUT2D eigenvalue weighted by Gasteiger charge is 2.38. The molecule has 2 heterocycles. The SMILES string of the molecule is COC(=O)C1COCCN1C(=O)C1CCCN(C(C)=O)C1. The van der Waals surface area contributed by atoms with Gasteiger partial charge in [-0.2, -0.15) is 0 Å². The van der Waals surface area contributed by atoms with Crippen LogP contribution in [0.1, 0.15) is 19.8 Å². The first-order chi connectivity index (χ1) is 10.0. The van der Waals surface area contributed by atoms with Crippen molar-refractivity contribution >= 4 is 17.8 Å². The van der Waals surface area contributed by atoms with Crippen LogP contribution >= 0.6 is 0 Å². The molecule has 21 heavy (non-hydrogen) atoms. The Bertz CT molecular complexity index is 426. The minimum absolute atomic E-state index is 0.0148. The average Bonchev–Trinajstić information content (AvgIpc) is 2.53. The molecule has 0 aromatic carbocycles. The number of amides is 2. The molecule has 2 unspecified atom stereocenters. The van der Waals surface area contributed by atoms with E-state index in [-0.39, 0.29) is 24.3 Å². The third-order valence-corrected chi connectivity index (χ3v) is 4.10. The Hall–Kier alpha value is -1.63. The molecule has 2 aliphatic heterocycles. The molecule has 2 fully saturated rings. The quantitative estimate of drug-likeness (QED) is 0.651. The summed E-state index contributed by atoms with van der Waals surface area (Å²) >= 11 is 0. The number of hydrogen-bond acceptors (Lipinski definition) is 5. The van der Waals surface area contributed by atoms with Crippen molar-refractivity contribution in [3.63, 3.8) is 0 Å². The number of carbonyl (C=O) groups is 3. The molecule has 2 amide bonds. The van der Waals surface area contributed by atoms with E-state index in [9.17, 15) is 14.4 Å². The van der Waals surface area contributed by atoms with Gasteiger partial charge in [-0.25, -0.2) is 4.79 Å². The second kappa shape index (κ2) is 6.89. The minimum Gasteiger partial charge on any atom is -0.467 e. The maximum atomic E-state index is 12.7. The van der Waals surface area contributed by atoms with E-state index in [0.29, 0.717) is 26.2 Å². The lowest BCUT2D eigenvalue weighted by Gasteiger charge is -2.38. The number of esters is 1. The molecular weight excluding hydrogens is 276 g/mol. The van der Waals surface area contributed by atoms with Crippen LogP contribution in [0.3, 0.4) is 0 Å². The molecule has 0 spiro atoms. The Labute approximate surface area is 124 Å². The largest absolute Gasteiger partial charge is 0.467 e. The van der Waals surface area contributed by atoms with Crippen molar-refractivity contribution in [2.45, 2.75) is 25.8 Å². The number of methoxy groups -OCH3 is 1. The van der Waals surface area contributed by atoms with Gasteiger partial charge in [-0.1, -0.05) is 0 Å². The van der Waals surface area contributed by atoms with E-state index in [1.54, 1.807) is 9.80 Å². The molecule has 0 aliphatic carbocycles. The first-order valence-corrected chi connectivity index (χ1v) is 7.26. The van der Waals surface area contributed by atoms with E-state index in [2.05, 4.69) is 0 Å². The molecule has 0 saturated carbocycles. The maximum Gasteiger partial charge on any atom is 0.331 e. The minimum atomic E-state index is -0.677. The number of ether oxygens (including phenoxy) is 2. The van der Waals surface area contributed by atoms with Crippen molar-refractivity contribution in [1.29, 1.82) is 0 Å². The summed E-state index contributed by atoms with van der Waals surface area (Å²) in [5.74, 6) is -0.797. The van der Waals surface area contributed by atoms with Crippen LogP contribution in [-0.2, 0) is 23.9 Å². The number of likely N-dealkylation sites (tertiary alicyclic amines) is 1. The summed E-state index contributed by atoms with van der Waals surface area (Å²) in [5, 5.41) is 0. The summed E-state index contributed by atoms with van der Waals surface area (Å²) in [4.78, 5) is 39.2. The van der Waals surface area contributed by atoms with Crippen LogP contribution in [-0.4, -0.2) is 73.6 Å². The van der Waals surface area contributed by atoms with Crippen LogP contribution in [0.5, 0.6) is 0 Å². The first kappa shape index (κ1) is 15.8. The molecule has 2 rings (SSSR count). The van der Waals surface area contributed by atoms with Gasteiger partial charge in [0, 0.05) is 26.6 Å². The Morgan fingerprint density at radius 2 is 2.00 bits per heavy atom. The molecule has 0 bridgehead atoms. The summed E-state index contributed by atoms with van der Waals surface area (Å²) in [6, 6.07) is -0.677. The summed E-state index contributed by atoms with van der Waals surface area (Å²) in [7, 11) is 1.30. The molecule has 2 saturated heterocycles. The molecule has 0 aromatic rings. The molecule has 0 radical (unpaired) electrons. The Morgan fingerprint density at radius 3 is 2.67 bits per heavy atom. The lowest BCUT2D eigenvalue weighted by atomic mass is 9.95. The van der Waals surface area contributed by atoms with Crippen LogP contribution in [0, 0.1) is 5.92 Å². The topological polar surface area (TPSA) is 76.2 Å². The number of piperidine rings is 1. The summed E-state index contributed by atoms with van der Waals surface area (Å²) < 4.78 is 10.0. The Balaban J connectivity index is 2.06. The van der Waals surface area contributed by atoms with Gasteiger partial charge >= 0.3 is 5.97 Å². The number of carbonyl (C=O) groups excluding carboxylic acids is 3. The van der Waals surface area contributed by atoms with Gasteiger partial charge in [0.2, 0.25) is 11.8 Å². The van der Waals surface area contributed by atoms with Crippen LogP contribution < -0.4 is 0 Å². The monoisotopic (exact) mass is 298 g/mol. The van der Waals surface area contributed by atoms with Crippen molar-refractivity contribution < 1.29 is 23.9 Å². The van der Waals surface area contributed by atoms with Gasteiger partial charge in [-0.15, -0.1) is 0 Å². The zero-order valence-corrected chi connectivity index (χ0v) is 12.5. The zero-order valence-electron chi connectivity index (χ0n) is 12.5. The van der Waals surface area contributed by atoms with Crippen molar-refractivity contribution in [2.75, 3.05) is 40.0 Å². The molecule has 7 heteroatoms. The van der Waals surface area contributed by atoms with Crippen LogP contribution in [0.2, 0.25) is 0 Å². The van der Waals surface area contributed by atoms with Gasteiger partial charge < -0.3 is 19.3 Å². The summed E-state index contributed by atoms with van der Waals surface area (Å²) in [5.41, 5.74) is 0. The molecule has 0 aromatic heterocycles. The van der Waals surface area contributed by atoms with E-state index in [0.717, 1.165) is 12.8 Å². The standard InChI is InChI=1S/C14H22N2O5/c1-10(17)15-5-3-4-11(8-15)13(18)16-6-7-21-9-12(16)14(19)20-2/h11-12H,3-9H2,1-2H3. The predicted octanol–water partition coefficient (Wildman–Crippen LogP) is -0.355. The zero-order chi connectivity index (χ0) is 15.4. The maximum absolute atomic E-state index is 12.7. The summed E-state index contributed by atoms with van der Waals surface area (Å²) in [6.07, 6.45) is 1.55. The van der Waals surface area contributed by atoms with Gasteiger partial charge in [-0.3, -0.25) is 9.59 Å². The fraction of sp³-hybridized carbons (Fsp3) is 0.786. The van der Waals surface area contributed by atoms with E-state index >= 15 is 0 Å². The van der Waals surface area contributed by atoms with E-state index < -0.39 is 12.0 Å². The van der Waals surface area contributed by atoms with Crippen molar-refractivity contribution in [1.82, 2.24) is 9.80 Å². The lowest BCUT2D eigenvalue weighted by molar-refractivity contribution is -0.163. The van der Waals surface area contributed by atoms with Gasteiger partial charge in [0.05, 0.1) is 26.2 Å². The highest BCUT2D eigenvalue weighted by Crippen LogP contribution is 2.21. The molecule has 118 valence electrons. The van der Waals surface area contributed by atoms with Crippen molar-refractivity contribution in [3.05, 3.63) is 0 Å². The van der Waals surface area contributed by atoms with Crippen molar-refractivity contribution in [3.8, 4) is 0 Å². The number of rotatable bonds is 2. The highest BCUT2D eigenvalue weighted by molar-refractivity contribution is 5.86. The van der Waals surface area contributed by atoms with E-state index in [1.807, 2.05) is 0 Å². The Kier molecular flexibility index (Phi) is 5.17. The molecule has 7 nitrogen and oxygen atoms in total. The Morgan fingerprint density at radius 1 is 1.24 bits per heavy atom. The second-order valence-electron chi connectivity index (χ2n) is 5.45. The van der Waals surface area contributed by atoms with Gasteiger partial charge in [0.15, 0.2) is 6.04 Å². The van der Waals surface area contributed by atoms with Gasteiger partial charge in [0.1, 0.15) is 0 Å². The number of nitrogens with zero attached hydrogens (tertiary/aromatic N) is 2. The number of morpholine rings is 1. The normalized spacial score (nSPS) is 26.4. The highest BCUT2D eigenvalue weighted by atomic mass is 16.5. The predicted molar refractivity (Wildman–Crippen MR) is 73.3 cm³/mol. The molecular formula is C14H22N2O5. The van der Waals surface area contributed by atoms with E-state index in [1.165, 1.54) is 14.0 Å². The van der Waals surface area contributed by atoms with Crippen LogP contribution in [0.15, 0.2) is 0 Å². The molecule has 2 atom stereocenters. The summed E-state index contributed by atoms with van der Waals surface area (Å²) in [6.45, 7) is 3.61. The smallest absolute Gasteiger partial charge is 0.331 e. The van der Waals surface area contributed by atoms with Gasteiger partial charge in [0.25, 0.3) is 0 Å². The third kappa shape index (κ3) is 3.53. The third-order valence-electron chi connectivity index (χ3n) is 4.10. The fourth-order valence-electron chi connectivity index (χ4n) is 2.90. The second-order valence-corrected chi connectivity index (χ2v) is 5.45. The first-order valence-electron chi connectivity index (χ1n) is 7.26. The van der Waals surface area contributed by atoms with Gasteiger partial charge in [-0.05, 0) is 12.8 Å². The number of hydrogen-bond donors (Lipinski definition) is 0.